The summed E-state index contributed by atoms with van der Waals surface area (Å²) in [5, 5.41) is 0. The molecule has 0 N–H and O–H groups in total. The van der Waals surface area contributed by atoms with E-state index >= 15 is 0 Å². The van der Waals surface area contributed by atoms with Crippen LogP contribution >= 0.6 is 0 Å². The standard InChI is InChI=1S/C15H20N2O4/c1-2-19-14(18)12-4-5-13(16-10-12)17-7-3-6-15(11-17)20-8-9-21-15/h4-5,10H,2-3,6-9,11H2,1H3. The SMILES string of the molecule is CCOC(=O)c1ccc(N2CCCC3(C2)OCCO3)nc1. The molecule has 0 unspecified atom stereocenters. The van der Waals surface area contributed by atoms with E-state index in [1.165, 1.54) is 0 Å². The summed E-state index contributed by atoms with van der Waals surface area (Å²) in [5.41, 5.74) is 0.473. The lowest BCUT2D eigenvalue weighted by Crippen LogP contribution is -2.49. The number of hydrogen-bond acceptors (Lipinski definition) is 6. The molecule has 6 nitrogen and oxygen atoms in total. The Morgan fingerprint density at radius 3 is 2.90 bits per heavy atom. The summed E-state index contributed by atoms with van der Waals surface area (Å²) < 4.78 is 16.5. The van der Waals surface area contributed by atoms with Crippen LogP contribution in [0.5, 0.6) is 0 Å². The van der Waals surface area contributed by atoms with Gasteiger partial charge in [0.25, 0.3) is 0 Å². The molecule has 2 fully saturated rings. The van der Waals surface area contributed by atoms with Gasteiger partial charge in [-0.15, -0.1) is 0 Å². The molecule has 3 heterocycles. The Labute approximate surface area is 124 Å². The molecule has 3 rings (SSSR count). The quantitative estimate of drug-likeness (QED) is 0.789. The fraction of sp³-hybridized carbons (Fsp3) is 0.600. The van der Waals surface area contributed by atoms with Crippen molar-refractivity contribution in [1.29, 1.82) is 0 Å². The van der Waals surface area contributed by atoms with Crippen LogP contribution in [0.3, 0.4) is 0 Å². The number of carbonyl (C=O) groups is 1. The Hall–Kier alpha value is -1.66. The first-order valence-corrected chi connectivity index (χ1v) is 7.38. The predicted molar refractivity (Wildman–Crippen MR) is 76.3 cm³/mol. The molecule has 0 aliphatic carbocycles. The highest BCUT2D eigenvalue weighted by atomic mass is 16.7. The lowest BCUT2D eigenvalue weighted by molar-refractivity contribution is -0.161. The van der Waals surface area contributed by atoms with Crippen molar-refractivity contribution in [3.05, 3.63) is 23.9 Å². The van der Waals surface area contributed by atoms with Gasteiger partial charge in [0.05, 0.1) is 31.9 Å². The van der Waals surface area contributed by atoms with Gasteiger partial charge in [-0.05, 0) is 25.5 Å². The van der Waals surface area contributed by atoms with Gasteiger partial charge in [0.2, 0.25) is 0 Å². The van der Waals surface area contributed by atoms with E-state index in [0.29, 0.717) is 31.9 Å². The third kappa shape index (κ3) is 3.01. The maximum absolute atomic E-state index is 11.6. The summed E-state index contributed by atoms with van der Waals surface area (Å²) in [4.78, 5) is 18.1. The zero-order chi connectivity index (χ0) is 14.7. The van der Waals surface area contributed by atoms with Gasteiger partial charge >= 0.3 is 5.97 Å². The Morgan fingerprint density at radius 2 is 2.24 bits per heavy atom. The molecular weight excluding hydrogens is 272 g/mol. The molecule has 0 radical (unpaired) electrons. The number of rotatable bonds is 3. The van der Waals surface area contributed by atoms with E-state index in [2.05, 4.69) is 9.88 Å². The molecule has 2 aliphatic rings. The second kappa shape index (κ2) is 5.99. The first kappa shape index (κ1) is 14.3. The summed E-state index contributed by atoms with van der Waals surface area (Å²) in [6.45, 7) is 5.06. The van der Waals surface area contributed by atoms with Crippen molar-refractivity contribution < 1.29 is 19.0 Å². The van der Waals surface area contributed by atoms with E-state index < -0.39 is 5.79 Å². The van der Waals surface area contributed by atoms with Crippen LogP contribution in [0.4, 0.5) is 5.82 Å². The summed E-state index contributed by atoms with van der Waals surface area (Å²) in [7, 11) is 0. The lowest BCUT2D eigenvalue weighted by atomic mass is 10.0. The number of nitrogens with zero attached hydrogens (tertiary/aromatic N) is 2. The number of carbonyl (C=O) groups excluding carboxylic acids is 1. The Balaban J connectivity index is 1.70. The van der Waals surface area contributed by atoms with Gasteiger partial charge in [-0.3, -0.25) is 0 Å². The zero-order valence-electron chi connectivity index (χ0n) is 12.2. The third-order valence-corrected chi connectivity index (χ3v) is 3.81. The Kier molecular flexibility index (Phi) is 4.07. The van der Waals surface area contributed by atoms with Crippen LogP contribution in [0, 0.1) is 0 Å². The normalized spacial score (nSPS) is 20.7. The smallest absolute Gasteiger partial charge is 0.339 e. The molecular formula is C15H20N2O4. The van der Waals surface area contributed by atoms with Gasteiger partial charge in [-0.1, -0.05) is 0 Å². The molecule has 1 aromatic rings. The molecule has 2 aliphatic heterocycles. The van der Waals surface area contributed by atoms with Crippen LogP contribution in [0.1, 0.15) is 30.1 Å². The topological polar surface area (TPSA) is 60.9 Å². The molecule has 6 heteroatoms. The van der Waals surface area contributed by atoms with Gasteiger partial charge in [-0.25, -0.2) is 9.78 Å². The summed E-state index contributed by atoms with van der Waals surface area (Å²) in [6.07, 6.45) is 3.48. The minimum Gasteiger partial charge on any atom is -0.462 e. The number of anilines is 1. The molecule has 1 aromatic heterocycles. The molecule has 0 amide bonds. The second-order valence-electron chi connectivity index (χ2n) is 5.26. The summed E-state index contributed by atoms with van der Waals surface area (Å²) in [5.74, 6) is 0.0232. The van der Waals surface area contributed by atoms with Crippen LogP contribution < -0.4 is 4.90 Å². The van der Waals surface area contributed by atoms with Crippen molar-refractivity contribution in [1.82, 2.24) is 4.98 Å². The average Bonchev–Trinajstić information content (AvgIpc) is 2.95. The zero-order valence-corrected chi connectivity index (χ0v) is 12.2. The number of ether oxygens (including phenoxy) is 3. The van der Waals surface area contributed by atoms with Crippen LogP contribution in [0.2, 0.25) is 0 Å². The van der Waals surface area contributed by atoms with Gasteiger partial charge < -0.3 is 19.1 Å². The molecule has 2 saturated heterocycles. The molecule has 21 heavy (non-hydrogen) atoms. The Bertz CT molecular complexity index is 497. The predicted octanol–water partition coefficient (Wildman–Crippen LogP) is 1.60. The van der Waals surface area contributed by atoms with Crippen molar-refractivity contribution in [2.45, 2.75) is 25.6 Å². The van der Waals surface area contributed by atoms with E-state index in [-0.39, 0.29) is 5.97 Å². The number of aromatic nitrogens is 1. The fourth-order valence-corrected chi connectivity index (χ4v) is 2.82. The van der Waals surface area contributed by atoms with Crippen LogP contribution in [0.15, 0.2) is 18.3 Å². The van der Waals surface area contributed by atoms with E-state index in [1.807, 2.05) is 6.07 Å². The van der Waals surface area contributed by atoms with Crippen LogP contribution in [0.25, 0.3) is 0 Å². The van der Waals surface area contributed by atoms with Crippen molar-refractivity contribution >= 4 is 11.8 Å². The molecule has 114 valence electrons. The van der Waals surface area contributed by atoms with E-state index in [9.17, 15) is 4.79 Å². The molecule has 0 atom stereocenters. The van der Waals surface area contributed by atoms with Crippen LogP contribution in [-0.4, -0.2) is 49.7 Å². The number of hydrogen-bond donors (Lipinski definition) is 0. The number of piperidine rings is 1. The number of pyridine rings is 1. The maximum atomic E-state index is 11.6. The van der Waals surface area contributed by atoms with Crippen molar-refractivity contribution in [2.75, 3.05) is 37.8 Å². The van der Waals surface area contributed by atoms with E-state index in [0.717, 1.165) is 25.2 Å². The largest absolute Gasteiger partial charge is 0.462 e. The first-order chi connectivity index (χ1) is 10.2. The van der Waals surface area contributed by atoms with E-state index in [1.54, 1.807) is 19.2 Å². The lowest BCUT2D eigenvalue weighted by Gasteiger charge is -2.39. The fourth-order valence-electron chi connectivity index (χ4n) is 2.82. The highest BCUT2D eigenvalue weighted by Crippen LogP contribution is 2.31. The number of esters is 1. The minimum absolute atomic E-state index is 0.339. The van der Waals surface area contributed by atoms with Gasteiger partial charge in [0, 0.05) is 19.2 Å². The average molecular weight is 292 g/mol. The molecule has 0 bridgehead atoms. The van der Waals surface area contributed by atoms with Crippen molar-refractivity contribution in [3.8, 4) is 0 Å². The van der Waals surface area contributed by atoms with E-state index in [4.69, 9.17) is 14.2 Å². The van der Waals surface area contributed by atoms with Gasteiger partial charge in [0.15, 0.2) is 5.79 Å². The van der Waals surface area contributed by atoms with Gasteiger partial charge in [-0.2, -0.15) is 0 Å². The summed E-state index contributed by atoms with van der Waals surface area (Å²) in [6, 6.07) is 3.60. The highest BCUT2D eigenvalue weighted by Gasteiger charge is 2.41. The molecule has 1 spiro atoms. The van der Waals surface area contributed by atoms with Crippen molar-refractivity contribution in [3.63, 3.8) is 0 Å². The third-order valence-electron chi connectivity index (χ3n) is 3.81. The van der Waals surface area contributed by atoms with Gasteiger partial charge in [0.1, 0.15) is 5.82 Å². The monoisotopic (exact) mass is 292 g/mol. The maximum Gasteiger partial charge on any atom is 0.339 e. The minimum atomic E-state index is -0.472. The highest BCUT2D eigenvalue weighted by molar-refractivity contribution is 5.89. The van der Waals surface area contributed by atoms with Crippen molar-refractivity contribution in [2.24, 2.45) is 0 Å². The molecule has 0 aromatic carbocycles. The summed E-state index contributed by atoms with van der Waals surface area (Å²) >= 11 is 0. The molecule has 0 saturated carbocycles. The Morgan fingerprint density at radius 1 is 1.43 bits per heavy atom. The first-order valence-electron chi connectivity index (χ1n) is 7.38. The van der Waals surface area contributed by atoms with Crippen LogP contribution in [-0.2, 0) is 14.2 Å². The second-order valence-corrected chi connectivity index (χ2v) is 5.26.